The lowest BCUT2D eigenvalue weighted by Gasteiger charge is -2.32. The number of hydrogen-bond acceptors (Lipinski definition) is 3. The van der Waals surface area contributed by atoms with E-state index in [1.807, 2.05) is 6.07 Å². The Morgan fingerprint density at radius 2 is 2.33 bits per heavy atom. The van der Waals surface area contributed by atoms with Gasteiger partial charge in [-0.15, -0.1) is 0 Å². The van der Waals surface area contributed by atoms with Crippen molar-refractivity contribution in [3.63, 3.8) is 0 Å². The topological polar surface area (TPSA) is 28.2 Å². The van der Waals surface area contributed by atoms with Crippen LogP contribution in [0.1, 0.15) is 6.42 Å². The van der Waals surface area contributed by atoms with Crippen molar-refractivity contribution in [2.45, 2.75) is 12.5 Å². The third-order valence-electron chi connectivity index (χ3n) is 3.31. The van der Waals surface area contributed by atoms with Crippen molar-refractivity contribution in [3.05, 3.63) is 24.3 Å². The SMILES string of the molecule is Fc1ccc(N2C[C@@H]3CN[C@@H](C3)C2)cn1. The van der Waals surface area contributed by atoms with E-state index in [0.29, 0.717) is 6.04 Å². The predicted octanol–water partition coefficient (Wildman–Crippen LogP) is 1.02. The van der Waals surface area contributed by atoms with Gasteiger partial charge in [0.15, 0.2) is 0 Å². The van der Waals surface area contributed by atoms with Crippen LogP contribution in [0.3, 0.4) is 0 Å². The molecule has 2 saturated heterocycles. The molecule has 0 unspecified atom stereocenters. The third-order valence-corrected chi connectivity index (χ3v) is 3.31. The molecule has 2 aliphatic heterocycles. The fourth-order valence-corrected chi connectivity index (χ4v) is 2.60. The summed E-state index contributed by atoms with van der Waals surface area (Å²) in [6.45, 7) is 3.20. The number of halogens is 1. The molecular formula is C11H14FN3. The second-order valence-electron chi connectivity index (χ2n) is 4.45. The van der Waals surface area contributed by atoms with E-state index in [-0.39, 0.29) is 0 Å². The third kappa shape index (κ3) is 1.69. The average molecular weight is 207 g/mol. The number of hydrogen-bond donors (Lipinski definition) is 1. The van der Waals surface area contributed by atoms with Crippen molar-refractivity contribution in [3.8, 4) is 0 Å². The Bertz CT molecular complexity index is 339. The first kappa shape index (κ1) is 9.09. The molecule has 2 atom stereocenters. The molecule has 1 aromatic heterocycles. The summed E-state index contributed by atoms with van der Waals surface area (Å²) >= 11 is 0. The predicted molar refractivity (Wildman–Crippen MR) is 56.3 cm³/mol. The lowest BCUT2D eigenvalue weighted by molar-refractivity contribution is 0.474. The smallest absolute Gasteiger partial charge is 0.212 e. The number of rotatable bonds is 1. The van der Waals surface area contributed by atoms with Crippen LogP contribution >= 0.6 is 0 Å². The Morgan fingerprint density at radius 3 is 3.07 bits per heavy atom. The highest BCUT2D eigenvalue weighted by molar-refractivity contribution is 5.45. The van der Waals surface area contributed by atoms with E-state index in [9.17, 15) is 4.39 Å². The number of fused-ring (bicyclic) bond motifs is 2. The maximum atomic E-state index is 12.7. The van der Waals surface area contributed by atoms with E-state index in [4.69, 9.17) is 0 Å². The van der Waals surface area contributed by atoms with Crippen LogP contribution in [0.5, 0.6) is 0 Å². The highest BCUT2D eigenvalue weighted by Crippen LogP contribution is 2.26. The molecule has 3 heterocycles. The zero-order chi connectivity index (χ0) is 10.3. The molecule has 0 spiro atoms. The quantitative estimate of drug-likeness (QED) is 0.697. The highest BCUT2D eigenvalue weighted by Gasteiger charge is 2.32. The molecule has 0 saturated carbocycles. The van der Waals surface area contributed by atoms with Gasteiger partial charge < -0.3 is 10.2 Å². The lowest BCUT2D eigenvalue weighted by atomic mass is 10.00. The zero-order valence-electron chi connectivity index (χ0n) is 8.49. The molecule has 80 valence electrons. The van der Waals surface area contributed by atoms with E-state index in [0.717, 1.165) is 31.2 Å². The number of anilines is 1. The Morgan fingerprint density at radius 1 is 1.40 bits per heavy atom. The van der Waals surface area contributed by atoms with Crippen molar-refractivity contribution in [2.75, 3.05) is 24.5 Å². The first-order valence-corrected chi connectivity index (χ1v) is 5.41. The summed E-state index contributed by atoms with van der Waals surface area (Å²) in [5.41, 5.74) is 1.04. The number of nitrogens with one attached hydrogen (secondary N) is 1. The first-order chi connectivity index (χ1) is 7.31. The van der Waals surface area contributed by atoms with Crippen molar-refractivity contribution in [1.29, 1.82) is 0 Å². The van der Waals surface area contributed by atoms with Crippen LogP contribution in [0.4, 0.5) is 10.1 Å². The molecule has 0 aliphatic carbocycles. The second-order valence-corrected chi connectivity index (χ2v) is 4.45. The fourth-order valence-electron chi connectivity index (χ4n) is 2.60. The van der Waals surface area contributed by atoms with Crippen LogP contribution in [0, 0.1) is 11.9 Å². The molecule has 1 aromatic rings. The lowest BCUT2D eigenvalue weighted by Crippen LogP contribution is -2.41. The summed E-state index contributed by atoms with van der Waals surface area (Å²) < 4.78 is 12.7. The van der Waals surface area contributed by atoms with Gasteiger partial charge in [-0.3, -0.25) is 0 Å². The monoisotopic (exact) mass is 207 g/mol. The molecule has 2 fully saturated rings. The Labute approximate surface area is 88.3 Å². The standard InChI is InChI=1S/C11H14FN3/c12-11-2-1-10(5-14-11)15-6-8-3-9(7-15)13-4-8/h1-2,5,8-9,13H,3-4,6-7H2/t8-,9-/m0/s1. The molecule has 3 rings (SSSR count). The zero-order valence-corrected chi connectivity index (χ0v) is 8.49. The molecule has 0 radical (unpaired) electrons. The summed E-state index contributed by atoms with van der Waals surface area (Å²) in [5, 5.41) is 3.49. The van der Waals surface area contributed by atoms with E-state index in [2.05, 4.69) is 15.2 Å². The molecule has 4 heteroatoms. The van der Waals surface area contributed by atoms with E-state index in [1.54, 1.807) is 6.20 Å². The van der Waals surface area contributed by atoms with Crippen LogP contribution in [-0.4, -0.2) is 30.7 Å². The summed E-state index contributed by atoms with van der Waals surface area (Å²) in [4.78, 5) is 5.99. The number of nitrogens with zero attached hydrogens (tertiary/aromatic N) is 2. The van der Waals surface area contributed by atoms with Crippen LogP contribution < -0.4 is 10.2 Å². The van der Waals surface area contributed by atoms with Gasteiger partial charge >= 0.3 is 0 Å². The number of piperidine rings is 1. The molecule has 3 nitrogen and oxygen atoms in total. The molecule has 0 aromatic carbocycles. The Balaban J connectivity index is 1.80. The van der Waals surface area contributed by atoms with E-state index in [1.165, 1.54) is 12.5 Å². The van der Waals surface area contributed by atoms with Crippen LogP contribution in [0.15, 0.2) is 18.3 Å². The Hall–Kier alpha value is -1.16. The van der Waals surface area contributed by atoms with Gasteiger partial charge in [-0.05, 0) is 24.5 Å². The second kappa shape index (κ2) is 3.45. The van der Waals surface area contributed by atoms with Crippen molar-refractivity contribution >= 4 is 5.69 Å². The minimum absolute atomic E-state index is 0.406. The summed E-state index contributed by atoms with van der Waals surface area (Å²) in [5.74, 6) is 0.339. The average Bonchev–Trinajstić information content (AvgIpc) is 2.59. The van der Waals surface area contributed by atoms with Crippen molar-refractivity contribution in [2.24, 2.45) is 5.92 Å². The van der Waals surface area contributed by atoms with Gasteiger partial charge in [-0.25, -0.2) is 4.98 Å². The van der Waals surface area contributed by atoms with Crippen molar-refractivity contribution in [1.82, 2.24) is 10.3 Å². The largest absolute Gasteiger partial charge is 0.368 e. The number of pyridine rings is 1. The summed E-state index contributed by atoms with van der Waals surface area (Å²) in [6, 6.07) is 3.85. The van der Waals surface area contributed by atoms with Crippen LogP contribution in [0.25, 0.3) is 0 Å². The molecule has 1 N–H and O–H groups in total. The number of aromatic nitrogens is 1. The Kier molecular flexibility index (Phi) is 2.09. The fraction of sp³-hybridized carbons (Fsp3) is 0.545. The van der Waals surface area contributed by atoms with Crippen LogP contribution in [0.2, 0.25) is 0 Å². The maximum absolute atomic E-state index is 12.7. The van der Waals surface area contributed by atoms with Gasteiger partial charge in [0.2, 0.25) is 5.95 Å². The van der Waals surface area contributed by atoms with E-state index < -0.39 is 5.95 Å². The van der Waals surface area contributed by atoms with Gasteiger partial charge in [0.1, 0.15) is 0 Å². The molecule has 0 amide bonds. The maximum Gasteiger partial charge on any atom is 0.212 e. The molecule has 2 bridgehead atoms. The molecular weight excluding hydrogens is 193 g/mol. The van der Waals surface area contributed by atoms with Gasteiger partial charge in [0.25, 0.3) is 0 Å². The van der Waals surface area contributed by atoms with Gasteiger partial charge in [-0.1, -0.05) is 0 Å². The minimum atomic E-state index is -0.406. The van der Waals surface area contributed by atoms with E-state index >= 15 is 0 Å². The summed E-state index contributed by atoms with van der Waals surface area (Å²) in [6.07, 6.45) is 2.91. The minimum Gasteiger partial charge on any atom is -0.368 e. The first-order valence-electron chi connectivity index (χ1n) is 5.41. The normalized spacial score (nSPS) is 29.5. The summed E-state index contributed by atoms with van der Waals surface area (Å²) in [7, 11) is 0. The highest BCUT2D eigenvalue weighted by atomic mass is 19.1. The van der Waals surface area contributed by atoms with Crippen LogP contribution in [-0.2, 0) is 0 Å². The molecule has 15 heavy (non-hydrogen) atoms. The molecule has 2 aliphatic rings. The van der Waals surface area contributed by atoms with Crippen molar-refractivity contribution < 1.29 is 4.39 Å². The van der Waals surface area contributed by atoms with Gasteiger partial charge in [0.05, 0.1) is 11.9 Å². The van der Waals surface area contributed by atoms with Gasteiger partial charge in [-0.2, -0.15) is 4.39 Å². The van der Waals surface area contributed by atoms with Gasteiger partial charge in [0, 0.05) is 25.7 Å².